The lowest BCUT2D eigenvalue weighted by atomic mass is 10.2. The summed E-state index contributed by atoms with van der Waals surface area (Å²) >= 11 is 4.68. The summed E-state index contributed by atoms with van der Waals surface area (Å²) in [5.74, 6) is 0.270. The van der Waals surface area contributed by atoms with Crippen LogP contribution in [0.15, 0.2) is 52.1 Å². The van der Waals surface area contributed by atoms with Crippen molar-refractivity contribution in [3.63, 3.8) is 0 Å². The second-order valence-corrected chi connectivity index (χ2v) is 7.53. The minimum atomic E-state index is -0.383. The van der Waals surface area contributed by atoms with Gasteiger partial charge in [0.15, 0.2) is 11.0 Å². The molecule has 1 aromatic heterocycles. The van der Waals surface area contributed by atoms with Gasteiger partial charge in [0, 0.05) is 22.8 Å². The molecule has 0 aliphatic carbocycles. The normalized spacial score (nSPS) is 10.8. The maximum atomic E-state index is 13.3. The predicted molar refractivity (Wildman–Crippen MR) is 105 cm³/mol. The van der Waals surface area contributed by atoms with Gasteiger partial charge in [0.25, 0.3) is 0 Å². The molecule has 0 radical (unpaired) electrons. The van der Waals surface area contributed by atoms with E-state index in [-0.39, 0.29) is 17.5 Å². The van der Waals surface area contributed by atoms with Crippen LogP contribution in [0.1, 0.15) is 5.56 Å². The number of anilines is 1. The molecule has 1 amide bonds. The summed E-state index contributed by atoms with van der Waals surface area (Å²) in [4.78, 5) is 12.2. The highest BCUT2D eigenvalue weighted by molar-refractivity contribution is 9.10. The van der Waals surface area contributed by atoms with Crippen molar-refractivity contribution in [2.24, 2.45) is 7.05 Å². The zero-order chi connectivity index (χ0) is 18.7. The van der Waals surface area contributed by atoms with Gasteiger partial charge in [-0.1, -0.05) is 45.9 Å². The summed E-state index contributed by atoms with van der Waals surface area (Å²) < 4.78 is 16.1. The zero-order valence-corrected chi connectivity index (χ0v) is 16.6. The van der Waals surface area contributed by atoms with Crippen molar-refractivity contribution in [1.29, 1.82) is 0 Å². The summed E-state index contributed by atoms with van der Waals surface area (Å²) in [6.07, 6.45) is 0. The molecule has 0 spiro atoms. The third-order valence-electron chi connectivity index (χ3n) is 3.74. The van der Waals surface area contributed by atoms with E-state index in [9.17, 15) is 9.18 Å². The number of nitrogens with one attached hydrogen (secondary N) is 1. The van der Waals surface area contributed by atoms with Gasteiger partial charge in [0.2, 0.25) is 5.91 Å². The number of nitrogens with zero attached hydrogens (tertiary/aromatic N) is 3. The van der Waals surface area contributed by atoms with Crippen molar-refractivity contribution in [2.45, 2.75) is 12.1 Å². The number of halogens is 2. The van der Waals surface area contributed by atoms with Crippen LogP contribution in [0.25, 0.3) is 11.4 Å². The molecule has 0 aliphatic heterocycles. The minimum Gasteiger partial charge on any atom is -0.325 e. The first-order valence-corrected chi connectivity index (χ1v) is 9.56. The van der Waals surface area contributed by atoms with Crippen LogP contribution in [0.4, 0.5) is 10.1 Å². The van der Waals surface area contributed by atoms with E-state index in [0.717, 1.165) is 21.4 Å². The lowest BCUT2D eigenvalue weighted by Crippen LogP contribution is -2.15. The molecule has 2 aromatic carbocycles. The molecule has 3 aromatic rings. The molecule has 134 valence electrons. The van der Waals surface area contributed by atoms with Crippen LogP contribution < -0.4 is 5.32 Å². The third kappa shape index (κ3) is 4.31. The number of hydrogen-bond donors (Lipinski definition) is 1. The van der Waals surface area contributed by atoms with Crippen LogP contribution in [0.3, 0.4) is 0 Å². The van der Waals surface area contributed by atoms with Gasteiger partial charge >= 0.3 is 0 Å². The van der Waals surface area contributed by atoms with Gasteiger partial charge < -0.3 is 9.88 Å². The van der Waals surface area contributed by atoms with E-state index in [0.29, 0.717) is 10.8 Å². The van der Waals surface area contributed by atoms with Crippen molar-refractivity contribution in [3.8, 4) is 11.4 Å². The van der Waals surface area contributed by atoms with E-state index in [1.54, 1.807) is 6.07 Å². The molecule has 0 saturated carbocycles. The van der Waals surface area contributed by atoms with Gasteiger partial charge in [0.1, 0.15) is 5.82 Å². The fourth-order valence-corrected chi connectivity index (χ4v) is 3.31. The van der Waals surface area contributed by atoms with Crippen molar-refractivity contribution >= 4 is 39.3 Å². The highest BCUT2D eigenvalue weighted by Crippen LogP contribution is 2.24. The minimum absolute atomic E-state index is 0.155. The highest BCUT2D eigenvalue weighted by atomic mass is 79.9. The smallest absolute Gasteiger partial charge is 0.234 e. The first kappa shape index (κ1) is 18.6. The van der Waals surface area contributed by atoms with E-state index in [4.69, 9.17) is 0 Å². The second-order valence-electron chi connectivity index (χ2n) is 5.67. The molecule has 0 saturated heterocycles. The summed E-state index contributed by atoms with van der Waals surface area (Å²) in [5.41, 5.74) is 2.22. The Balaban J connectivity index is 1.65. The summed E-state index contributed by atoms with van der Waals surface area (Å²) in [5, 5.41) is 11.7. The number of thioether (sulfide) groups is 1. The molecule has 0 bridgehead atoms. The molecular weight excluding hydrogens is 419 g/mol. The summed E-state index contributed by atoms with van der Waals surface area (Å²) in [7, 11) is 1.86. The average molecular weight is 435 g/mol. The Morgan fingerprint density at radius 3 is 2.69 bits per heavy atom. The number of rotatable bonds is 5. The third-order valence-corrected chi connectivity index (χ3v) is 5.29. The van der Waals surface area contributed by atoms with Crippen LogP contribution in [0.2, 0.25) is 0 Å². The van der Waals surface area contributed by atoms with Gasteiger partial charge in [-0.25, -0.2) is 4.39 Å². The maximum Gasteiger partial charge on any atom is 0.234 e. The highest BCUT2D eigenvalue weighted by Gasteiger charge is 2.13. The van der Waals surface area contributed by atoms with E-state index in [2.05, 4.69) is 31.4 Å². The monoisotopic (exact) mass is 434 g/mol. The van der Waals surface area contributed by atoms with E-state index < -0.39 is 0 Å². The van der Waals surface area contributed by atoms with Gasteiger partial charge in [-0.3, -0.25) is 4.79 Å². The molecular formula is C18H16BrFN4OS. The van der Waals surface area contributed by atoms with Crippen molar-refractivity contribution in [3.05, 3.63) is 58.3 Å². The van der Waals surface area contributed by atoms with Gasteiger partial charge in [-0.05, 0) is 36.8 Å². The van der Waals surface area contributed by atoms with Crippen LogP contribution in [-0.2, 0) is 11.8 Å². The number of aromatic nitrogens is 3. The van der Waals surface area contributed by atoms with Crippen molar-refractivity contribution < 1.29 is 9.18 Å². The largest absolute Gasteiger partial charge is 0.325 e. The Kier molecular flexibility index (Phi) is 5.73. The quantitative estimate of drug-likeness (QED) is 0.603. The molecule has 26 heavy (non-hydrogen) atoms. The number of hydrogen-bond acceptors (Lipinski definition) is 4. The van der Waals surface area contributed by atoms with E-state index in [1.807, 2.05) is 42.8 Å². The lowest BCUT2D eigenvalue weighted by Gasteiger charge is -2.08. The second kappa shape index (κ2) is 8.01. The Labute approximate surface area is 163 Å². The van der Waals surface area contributed by atoms with Gasteiger partial charge in [-0.15, -0.1) is 10.2 Å². The lowest BCUT2D eigenvalue weighted by molar-refractivity contribution is -0.113. The fourth-order valence-electron chi connectivity index (χ4n) is 2.34. The van der Waals surface area contributed by atoms with Crippen molar-refractivity contribution in [2.75, 3.05) is 11.1 Å². The molecule has 0 fully saturated rings. The van der Waals surface area contributed by atoms with Crippen LogP contribution in [0.5, 0.6) is 0 Å². The number of aryl methyl sites for hydroxylation is 1. The predicted octanol–water partition coefficient (Wildman–Crippen LogP) is 4.42. The van der Waals surface area contributed by atoms with Crippen LogP contribution in [-0.4, -0.2) is 26.4 Å². The molecule has 0 unspecified atom stereocenters. The number of carbonyl (C=O) groups excluding carboxylic acids is 1. The Morgan fingerprint density at radius 1 is 1.23 bits per heavy atom. The van der Waals surface area contributed by atoms with Gasteiger partial charge in [-0.2, -0.15) is 0 Å². The van der Waals surface area contributed by atoms with Crippen LogP contribution in [0, 0.1) is 12.7 Å². The molecule has 5 nitrogen and oxygen atoms in total. The topological polar surface area (TPSA) is 59.8 Å². The SMILES string of the molecule is Cc1ccc(F)cc1NC(=O)CSc1nnc(-c2ccc(Br)cc2)n1C. The van der Waals surface area contributed by atoms with E-state index >= 15 is 0 Å². The first-order chi connectivity index (χ1) is 12.4. The van der Waals surface area contributed by atoms with Crippen molar-refractivity contribution in [1.82, 2.24) is 14.8 Å². The molecule has 0 aliphatic rings. The first-order valence-electron chi connectivity index (χ1n) is 7.78. The summed E-state index contributed by atoms with van der Waals surface area (Å²) in [6, 6.07) is 12.1. The Bertz CT molecular complexity index is 943. The maximum absolute atomic E-state index is 13.3. The molecule has 8 heteroatoms. The molecule has 1 heterocycles. The fraction of sp³-hybridized carbons (Fsp3) is 0.167. The summed E-state index contributed by atoms with van der Waals surface area (Å²) in [6.45, 7) is 1.81. The average Bonchev–Trinajstić information content (AvgIpc) is 2.98. The Hall–Kier alpha value is -2.19. The Morgan fingerprint density at radius 2 is 1.96 bits per heavy atom. The van der Waals surface area contributed by atoms with Gasteiger partial charge in [0.05, 0.1) is 5.75 Å². The van der Waals surface area contributed by atoms with Crippen LogP contribution >= 0.6 is 27.7 Å². The standard InChI is InChI=1S/C18H16BrFN4OS/c1-11-3-8-14(20)9-15(11)21-16(25)10-26-18-23-22-17(24(18)2)12-4-6-13(19)7-5-12/h3-9H,10H2,1-2H3,(H,21,25). The number of amides is 1. The molecule has 3 rings (SSSR count). The zero-order valence-electron chi connectivity index (χ0n) is 14.2. The number of carbonyl (C=O) groups is 1. The molecule has 1 N–H and O–H groups in total. The molecule has 0 atom stereocenters. The number of benzene rings is 2. The van der Waals surface area contributed by atoms with E-state index in [1.165, 1.54) is 23.9 Å².